The first-order chi connectivity index (χ1) is 16.0. The normalized spacial score (nSPS) is 18.7. The van der Waals surface area contributed by atoms with Gasteiger partial charge in [-0.2, -0.15) is 0 Å². The van der Waals surface area contributed by atoms with Crippen molar-refractivity contribution in [2.24, 2.45) is 0 Å². The number of aryl methyl sites for hydroxylation is 2. The van der Waals surface area contributed by atoms with E-state index < -0.39 is 46.2 Å². The molecule has 4 rings (SSSR count). The molecule has 0 bridgehead atoms. The van der Waals surface area contributed by atoms with Gasteiger partial charge in [0.1, 0.15) is 0 Å². The Morgan fingerprint density at radius 2 is 1.76 bits per heavy atom. The van der Waals surface area contributed by atoms with Gasteiger partial charge in [0.25, 0.3) is 17.7 Å². The first-order valence-electron chi connectivity index (χ1n) is 10.7. The fraction of sp³-hybridized carbons (Fsp3) is 0.333. The van der Waals surface area contributed by atoms with Crippen LogP contribution in [0.1, 0.15) is 48.6 Å². The van der Waals surface area contributed by atoms with Crippen molar-refractivity contribution in [2.75, 3.05) is 30.1 Å². The van der Waals surface area contributed by atoms with Crippen molar-refractivity contribution in [3.63, 3.8) is 0 Å². The van der Waals surface area contributed by atoms with Gasteiger partial charge in [-0.05, 0) is 55.7 Å². The lowest BCUT2D eigenvalue weighted by Gasteiger charge is -2.23. The van der Waals surface area contributed by atoms with Gasteiger partial charge in [0.2, 0.25) is 0 Å². The van der Waals surface area contributed by atoms with Crippen LogP contribution in [0.25, 0.3) is 0 Å². The van der Waals surface area contributed by atoms with Gasteiger partial charge >= 0.3 is 5.97 Å². The number of imide groups is 1. The fourth-order valence-corrected chi connectivity index (χ4v) is 5.92. The van der Waals surface area contributed by atoms with E-state index in [0.29, 0.717) is 12.1 Å². The van der Waals surface area contributed by atoms with E-state index in [1.54, 1.807) is 13.0 Å². The molecule has 34 heavy (non-hydrogen) atoms. The zero-order chi connectivity index (χ0) is 24.8. The van der Waals surface area contributed by atoms with Gasteiger partial charge in [0.05, 0.1) is 33.9 Å². The van der Waals surface area contributed by atoms with E-state index >= 15 is 0 Å². The number of nitrogens with zero attached hydrogens (tertiary/aromatic N) is 2. The second kappa shape index (κ2) is 8.68. The van der Waals surface area contributed by atoms with Crippen molar-refractivity contribution in [3.8, 4) is 0 Å². The van der Waals surface area contributed by atoms with Crippen LogP contribution in [-0.4, -0.2) is 68.2 Å². The molecule has 0 unspecified atom stereocenters. The van der Waals surface area contributed by atoms with Crippen molar-refractivity contribution in [2.45, 2.75) is 26.3 Å². The monoisotopic (exact) mass is 484 g/mol. The minimum absolute atomic E-state index is 0.0239. The van der Waals surface area contributed by atoms with Crippen LogP contribution in [0, 0.1) is 13.8 Å². The lowest BCUT2D eigenvalue weighted by Crippen LogP contribution is -2.40. The van der Waals surface area contributed by atoms with Crippen LogP contribution < -0.4 is 4.90 Å². The number of ether oxygens (including phenoxy) is 1. The van der Waals surface area contributed by atoms with Crippen molar-refractivity contribution < 1.29 is 32.3 Å². The van der Waals surface area contributed by atoms with Crippen LogP contribution in [0.4, 0.5) is 5.69 Å². The fourth-order valence-electron chi connectivity index (χ4n) is 4.14. The highest BCUT2D eigenvalue weighted by Crippen LogP contribution is 2.32. The molecule has 2 aliphatic rings. The smallest absolute Gasteiger partial charge is 0.338 e. The lowest BCUT2D eigenvalue weighted by atomic mass is 10.1. The predicted octanol–water partition coefficient (Wildman–Crippen LogP) is 1.91. The summed E-state index contributed by atoms with van der Waals surface area (Å²) in [5, 5.41) is 0. The van der Waals surface area contributed by atoms with E-state index in [9.17, 15) is 27.6 Å². The average Bonchev–Trinajstić information content (AvgIpc) is 3.29. The van der Waals surface area contributed by atoms with Gasteiger partial charge in [0, 0.05) is 13.1 Å². The van der Waals surface area contributed by atoms with Gasteiger partial charge in [-0.25, -0.2) is 18.1 Å². The third-order valence-corrected chi connectivity index (χ3v) is 7.95. The molecular formula is C24H24N2O7S. The van der Waals surface area contributed by atoms with Crippen LogP contribution in [0.2, 0.25) is 0 Å². The summed E-state index contributed by atoms with van der Waals surface area (Å²) in [6.07, 6.45) is 0.344. The lowest BCUT2D eigenvalue weighted by molar-refractivity contribution is -0.134. The van der Waals surface area contributed by atoms with E-state index in [1.165, 1.54) is 30.1 Å². The minimum atomic E-state index is -3.16. The third kappa shape index (κ3) is 4.33. The zero-order valence-corrected chi connectivity index (χ0v) is 19.8. The molecule has 9 nitrogen and oxygen atoms in total. The van der Waals surface area contributed by atoms with E-state index in [4.69, 9.17) is 4.74 Å². The van der Waals surface area contributed by atoms with Crippen molar-refractivity contribution >= 4 is 39.2 Å². The zero-order valence-electron chi connectivity index (χ0n) is 19.0. The molecule has 0 aliphatic carbocycles. The Hall–Kier alpha value is -3.53. The van der Waals surface area contributed by atoms with E-state index in [1.807, 2.05) is 19.1 Å². The van der Waals surface area contributed by atoms with Gasteiger partial charge in [-0.3, -0.25) is 14.4 Å². The molecule has 2 aliphatic heterocycles. The summed E-state index contributed by atoms with van der Waals surface area (Å²) >= 11 is 0. The summed E-state index contributed by atoms with van der Waals surface area (Å²) in [4.78, 5) is 53.2. The standard InChI is InChI=1S/C24H24N2O7S/c1-14-4-5-15(2)20(10-14)26-22(28)18-7-6-16(11-19(18)23(26)29)24(30)33-12-21(27)25(3)17-8-9-34(31,32)13-17/h4-7,10-11,17H,8-9,12-13H2,1-3H3/t17-/m0/s1. The molecule has 1 saturated heterocycles. The predicted molar refractivity (Wildman–Crippen MR) is 124 cm³/mol. The molecule has 0 radical (unpaired) electrons. The summed E-state index contributed by atoms with van der Waals surface area (Å²) in [6, 6.07) is 9.08. The van der Waals surface area contributed by atoms with Gasteiger partial charge in [-0.15, -0.1) is 0 Å². The number of benzene rings is 2. The molecule has 2 aromatic carbocycles. The second-order valence-corrected chi connectivity index (χ2v) is 10.9. The number of amides is 3. The summed E-state index contributed by atoms with van der Waals surface area (Å²) in [5.74, 6) is -2.45. The number of fused-ring (bicyclic) bond motifs is 1. The van der Waals surface area contributed by atoms with Gasteiger partial charge in [-0.1, -0.05) is 12.1 Å². The Morgan fingerprint density at radius 1 is 1.06 bits per heavy atom. The number of rotatable bonds is 5. The molecule has 1 fully saturated rings. The Bertz CT molecular complexity index is 1330. The molecule has 2 heterocycles. The quantitative estimate of drug-likeness (QED) is 0.470. The maximum absolute atomic E-state index is 13.0. The SMILES string of the molecule is Cc1ccc(C)c(N2C(=O)c3ccc(C(=O)OCC(=O)N(C)[C@H]4CCS(=O)(=O)C4)cc3C2=O)c1. The Morgan fingerprint density at radius 3 is 2.44 bits per heavy atom. The largest absolute Gasteiger partial charge is 0.452 e. The number of carbonyl (C=O) groups excluding carboxylic acids is 4. The van der Waals surface area contributed by atoms with Crippen molar-refractivity contribution in [1.82, 2.24) is 4.90 Å². The molecule has 0 aromatic heterocycles. The first kappa shape index (κ1) is 23.6. The number of hydrogen-bond acceptors (Lipinski definition) is 7. The summed E-state index contributed by atoms with van der Waals surface area (Å²) in [5.41, 5.74) is 2.43. The third-order valence-electron chi connectivity index (χ3n) is 6.20. The first-order valence-corrected chi connectivity index (χ1v) is 12.5. The molecule has 10 heteroatoms. The maximum atomic E-state index is 13.0. The van der Waals surface area contributed by atoms with Crippen LogP contribution in [0.15, 0.2) is 36.4 Å². The van der Waals surface area contributed by atoms with Crippen LogP contribution >= 0.6 is 0 Å². The highest BCUT2D eigenvalue weighted by atomic mass is 32.2. The van der Waals surface area contributed by atoms with E-state index in [2.05, 4.69) is 0 Å². The molecule has 178 valence electrons. The molecule has 0 spiro atoms. The summed E-state index contributed by atoms with van der Waals surface area (Å²) < 4.78 is 28.4. The van der Waals surface area contributed by atoms with E-state index in [0.717, 1.165) is 16.0 Å². The molecule has 0 saturated carbocycles. The number of anilines is 1. The van der Waals surface area contributed by atoms with Gasteiger partial charge in [0.15, 0.2) is 16.4 Å². The van der Waals surface area contributed by atoms with Crippen molar-refractivity contribution in [1.29, 1.82) is 0 Å². The molecule has 0 N–H and O–H groups in total. The summed E-state index contributed by atoms with van der Waals surface area (Å²) in [7, 11) is -1.68. The Labute approximate surface area is 197 Å². The molecule has 1 atom stereocenters. The molecule has 3 amide bonds. The van der Waals surface area contributed by atoms with Gasteiger partial charge < -0.3 is 9.64 Å². The van der Waals surface area contributed by atoms with Crippen LogP contribution in [-0.2, 0) is 19.4 Å². The minimum Gasteiger partial charge on any atom is -0.452 e. The number of hydrogen-bond donors (Lipinski definition) is 0. The average molecular weight is 485 g/mol. The van der Waals surface area contributed by atoms with E-state index in [-0.39, 0.29) is 28.2 Å². The number of sulfone groups is 1. The Balaban J connectivity index is 1.47. The van der Waals surface area contributed by atoms with Crippen LogP contribution in [0.5, 0.6) is 0 Å². The number of carbonyl (C=O) groups is 4. The number of likely N-dealkylation sites (N-methyl/N-ethyl adjacent to an activating group) is 1. The second-order valence-electron chi connectivity index (χ2n) is 8.63. The topological polar surface area (TPSA) is 118 Å². The Kier molecular flexibility index (Phi) is 6.03. The van der Waals surface area contributed by atoms with Crippen molar-refractivity contribution in [3.05, 3.63) is 64.2 Å². The summed E-state index contributed by atoms with van der Waals surface area (Å²) in [6.45, 7) is 3.10. The molecular weight excluding hydrogens is 460 g/mol. The highest BCUT2D eigenvalue weighted by Gasteiger charge is 2.38. The molecule has 2 aromatic rings. The number of esters is 1. The maximum Gasteiger partial charge on any atom is 0.338 e. The van der Waals surface area contributed by atoms with Crippen LogP contribution in [0.3, 0.4) is 0 Å². The highest BCUT2D eigenvalue weighted by molar-refractivity contribution is 7.91.